The van der Waals surface area contributed by atoms with E-state index in [1.165, 1.54) is 19.1 Å². The molecule has 0 aliphatic rings. The third kappa shape index (κ3) is 3.78. The lowest BCUT2D eigenvalue weighted by Crippen LogP contribution is -2.59. The maximum atomic E-state index is 13.3. The Bertz CT molecular complexity index is 571. The van der Waals surface area contributed by atoms with Crippen LogP contribution < -0.4 is 5.73 Å². The largest absolute Gasteiger partial charge is 0.480 e. The quantitative estimate of drug-likeness (QED) is 0.644. The van der Waals surface area contributed by atoms with Crippen LogP contribution in [0.25, 0.3) is 0 Å². The lowest BCUT2D eigenvalue weighted by molar-refractivity contribution is -0.181. The summed E-state index contributed by atoms with van der Waals surface area (Å²) < 4.78 is 50.5. The maximum Gasteiger partial charge on any atom is 0.452 e. The third-order valence-electron chi connectivity index (χ3n) is 3.09. The average Bonchev–Trinajstić information content (AvgIpc) is 2.37. The number of rotatable bonds is 5. The van der Waals surface area contributed by atoms with Crippen molar-refractivity contribution in [3.63, 3.8) is 0 Å². The highest BCUT2D eigenvalue weighted by atomic mass is 19.4. The summed E-state index contributed by atoms with van der Waals surface area (Å²) in [5.41, 5.74) is 2.63. The first-order valence-corrected chi connectivity index (χ1v) is 5.87. The maximum absolute atomic E-state index is 13.3. The first-order chi connectivity index (χ1) is 9.48. The summed E-state index contributed by atoms with van der Waals surface area (Å²) in [6.07, 6.45) is -6.42. The van der Waals surface area contributed by atoms with Crippen molar-refractivity contribution >= 4 is 11.8 Å². The predicted molar refractivity (Wildman–Crippen MR) is 65.1 cm³/mol. The molecule has 0 aliphatic carbocycles. The molecule has 4 nitrogen and oxygen atoms in total. The van der Waals surface area contributed by atoms with E-state index in [1.807, 2.05) is 0 Å². The fourth-order valence-corrected chi connectivity index (χ4v) is 1.70. The molecule has 0 aliphatic heterocycles. The molecule has 1 aromatic rings. The fraction of sp³-hybridized carbons (Fsp3) is 0.385. The van der Waals surface area contributed by atoms with Gasteiger partial charge in [-0.3, -0.25) is 4.79 Å². The molecule has 1 atom stereocenters. The van der Waals surface area contributed by atoms with Gasteiger partial charge in [0.15, 0.2) is 5.54 Å². The van der Waals surface area contributed by atoms with Gasteiger partial charge < -0.3 is 10.8 Å². The first kappa shape index (κ1) is 17.1. The number of ketones is 1. The Hall–Kier alpha value is -1.96. The van der Waals surface area contributed by atoms with E-state index in [1.54, 1.807) is 0 Å². The van der Waals surface area contributed by atoms with Gasteiger partial charge in [-0.15, -0.1) is 0 Å². The molecule has 0 bridgehead atoms. The van der Waals surface area contributed by atoms with Crippen molar-refractivity contribution in [3.8, 4) is 0 Å². The van der Waals surface area contributed by atoms with E-state index < -0.39 is 35.7 Å². The number of benzene rings is 1. The molecule has 0 radical (unpaired) electrons. The van der Waals surface area contributed by atoms with Crippen LogP contribution in [0, 0.1) is 12.7 Å². The standard InChI is InChI=1S/C13H13F4NO3/c1-7-2-3-8(6-9(7)14)4-5-12(18,11(20)21)10(19)13(15,16)17/h2-3,6H,4-5,18H2,1H3,(H,20,21). The Morgan fingerprint density at radius 1 is 1.29 bits per heavy atom. The number of aliphatic carboxylic acids is 1. The third-order valence-corrected chi connectivity index (χ3v) is 3.09. The molecule has 0 spiro atoms. The highest BCUT2D eigenvalue weighted by Gasteiger charge is 2.55. The second-order valence-electron chi connectivity index (χ2n) is 4.69. The molecule has 0 heterocycles. The van der Waals surface area contributed by atoms with Crippen LogP contribution in [0.5, 0.6) is 0 Å². The van der Waals surface area contributed by atoms with E-state index in [9.17, 15) is 27.2 Å². The molecule has 8 heteroatoms. The van der Waals surface area contributed by atoms with Gasteiger partial charge in [0.05, 0.1) is 0 Å². The first-order valence-electron chi connectivity index (χ1n) is 5.87. The van der Waals surface area contributed by atoms with Gasteiger partial charge >= 0.3 is 12.1 Å². The summed E-state index contributed by atoms with van der Waals surface area (Å²) >= 11 is 0. The number of Topliss-reactive ketones (excluding diaryl/α,β-unsaturated/α-hetero) is 1. The number of halogens is 4. The molecule has 116 valence electrons. The zero-order valence-corrected chi connectivity index (χ0v) is 11.0. The Kier molecular flexibility index (Phi) is 4.72. The van der Waals surface area contributed by atoms with Gasteiger partial charge in [-0.1, -0.05) is 12.1 Å². The number of hydrogen-bond donors (Lipinski definition) is 2. The fourth-order valence-electron chi connectivity index (χ4n) is 1.70. The monoisotopic (exact) mass is 307 g/mol. The number of carboxylic acid groups (broad SMARTS) is 1. The van der Waals surface area contributed by atoms with Gasteiger partial charge in [-0.05, 0) is 37.0 Å². The van der Waals surface area contributed by atoms with Crippen LogP contribution in [-0.2, 0) is 16.0 Å². The number of aryl methyl sites for hydroxylation is 2. The van der Waals surface area contributed by atoms with Gasteiger partial charge in [-0.2, -0.15) is 13.2 Å². The average molecular weight is 307 g/mol. The molecular formula is C13H13F4NO3. The SMILES string of the molecule is Cc1ccc(CCC(N)(C(=O)O)C(=O)C(F)(F)F)cc1F. The smallest absolute Gasteiger partial charge is 0.452 e. The minimum Gasteiger partial charge on any atom is -0.480 e. The van der Waals surface area contributed by atoms with Gasteiger partial charge in [0, 0.05) is 0 Å². The molecule has 0 amide bonds. The second kappa shape index (κ2) is 5.80. The van der Waals surface area contributed by atoms with E-state index in [0.29, 0.717) is 5.56 Å². The minimum absolute atomic E-state index is 0.254. The van der Waals surface area contributed by atoms with Crippen molar-refractivity contribution in [1.82, 2.24) is 0 Å². The molecule has 0 aromatic heterocycles. The molecular weight excluding hydrogens is 294 g/mol. The van der Waals surface area contributed by atoms with Gasteiger partial charge in [-0.25, -0.2) is 9.18 Å². The summed E-state index contributed by atoms with van der Waals surface area (Å²) in [6.45, 7) is 1.50. The minimum atomic E-state index is -5.36. The van der Waals surface area contributed by atoms with Gasteiger partial charge in [0.1, 0.15) is 5.82 Å². The Morgan fingerprint density at radius 3 is 2.29 bits per heavy atom. The van der Waals surface area contributed by atoms with E-state index in [4.69, 9.17) is 10.8 Å². The van der Waals surface area contributed by atoms with Gasteiger partial charge in [0.2, 0.25) is 0 Å². The van der Waals surface area contributed by atoms with Crippen LogP contribution in [-0.4, -0.2) is 28.6 Å². The number of alkyl halides is 3. The molecule has 0 saturated carbocycles. The van der Waals surface area contributed by atoms with Crippen molar-refractivity contribution in [2.24, 2.45) is 5.73 Å². The topological polar surface area (TPSA) is 80.4 Å². The van der Waals surface area contributed by atoms with Crippen molar-refractivity contribution < 1.29 is 32.3 Å². The van der Waals surface area contributed by atoms with E-state index >= 15 is 0 Å². The predicted octanol–water partition coefficient (Wildman–Crippen LogP) is 1.98. The highest BCUT2D eigenvalue weighted by molar-refractivity contribution is 6.10. The van der Waals surface area contributed by atoms with Crippen LogP contribution in [0.2, 0.25) is 0 Å². The van der Waals surface area contributed by atoms with E-state index in [-0.39, 0.29) is 12.0 Å². The molecule has 3 N–H and O–H groups in total. The van der Waals surface area contributed by atoms with E-state index in [2.05, 4.69) is 0 Å². The van der Waals surface area contributed by atoms with Crippen LogP contribution >= 0.6 is 0 Å². The van der Waals surface area contributed by atoms with Crippen molar-refractivity contribution in [2.75, 3.05) is 0 Å². The van der Waals surface area contributed by atoms with Crippen LogP contribution in [0.15, 0.2) is 18.2 Å². The molecule has 1 aromatic carbocycles. The van der Waals surface area contributed by atoms with Crippen molar-refractivity contribution in [1.29, 1.82) is 0 Å². The Balaban J connectivity index is 2.97. The summed E-state index contributed by atoms with van der Waals surface area (Å²) in [4.78, 5) is 22.1. The lowest BCUT2D eigenvalue weighted by atomic mass is 9.87. The van der Waals surface area contributed by atoms with Crippen molar-refractivity contribution in [3.05, 3.63) is 35.1 Å². The molecule has 0 saturated heterocycles. The number of carbonyl (C=O) groups is 2. The summed E-state index contributed by atoms with van der Waals surface area (Å²) in [5.74, 6) is -5.18. The number of carbonyl (C=O) groups excluding carboxylic acids is 1. The summed E-state index contributed by atoms with van der Waals surface area (Å²) in [7, 11) is 0. The van der Waals surface area contributed by atoms with Crippen LogP contribution in [0.3, 0.4) is 0 Å². The number of nitrogens with two attached hydrogens (primary N) is 1. The van der Waals surface area contributed by atoms with E-state index in [0.717, 1.165) is 6.07 Å². The number of carboxylic acids is 1. The lowest BCUT2D eigenvalue weighted by Gasteiger charge is -2.24. The molecule has 0 fully saturated rings. The molecule has 21 heavy (non-hydrogen) atoms. The molecule has 1 unspecified atom stereocenters. The van der Waals surface area contributed by atoms with Crippen LogP contribution in [0.1, 0.15) is 17.5 Å². The summed E-state index contributed by atoms with van der Waals surface area (Å²) in [6, 6.07) is 3.89. The Labute approximate surface area is 117 Å². The van der Waals surface area contributed by atoms with Crippen molar-refractivity contribution in [2.45, 2.75) is 31.5 Å². The zero-order chi connectivity index (χ0) is 16.4. The zero-order valence-electron chi connectivity index (χ0n) is 11.0. The van der Waals surface area contributed by atoms with Gasteiger partial charge in [0.25, 0.3) is 5.78 Å². The second-order valence-corrected chi connectivity index (χ2v) is 4.69. The molecule has 1 rings (SSSR count). The summed E-state index contributed by atoms with van der Waals surface area (Å²) in [5, 5.41) is 8.82. The Morgan fingerprint density at radius 2 is 1.86 bits per heavy atom. The normalized spacial score (nSPS) is 14.6. The number of hydrogen-bond acceptors (Lipinski definition) is 3. The van der Waals surface area contributed by atoms with Crippen LogP contribution in [0.4, 0.5) is 17.6 Å². The highest BCUT2D eigenvalue weighted by Crippen LogP contribution is 2.26.